The van der Waals surface area contributed by atoms with Gasteiger partial charge >= 0.3 is 0 Å². The lowest BCUT2D eigenvalue weighted by atomic mass is 9.82. The molecular weight excluding hydrogens is 730 g/mol. The largest absolute Gasteiger partial charge is 0.494 e. The first-order chi connectivity index (χ1) is 22.8. The molecule has 47 heavy (non-hydrogen) atoms. The number of nitrogens with zero attached hydrogens (tertiary/aromatic N) is 1. The van der Waals surface area contributed by atoms with Gasteiger partial charge in [0, 0.05) is 40.5 Å². The Kier molecular flexibility index (Phi) is 11.9. The van der Waals surface area contributed by atoms with Crippen molar-refractivity contribution in [2.24, 2.45) is 4.99 Å². The summed E-state index contributed by atoms with van der Waals surface area (Å²) in [5.74, 6) is 2.01. The summed E-state index contributed by atoms with van der Waals surface area (Å²) in [6.07, 6.45) is 0.745. The summed E-state index contributed by atoms with van der Waals surface area (Å²) >= 11 is 7.04. The number of benzene rings is 4. The molecule has 1 aliphatic rings. The van der Waals surface area contributed by atoms with E-state index in [2.05, 4.69) is 42.7 Å². The number of nitrogens with one attached hydrogen (secondary N) is 2. The molecule has 9 nitrogen and oxygen atoms in total. The third-order valence-corrected chi connectivity index (χ3v) is 8.84. The summed E-state index contributed by atoms with van der Waals surface area (Å²) in [6, 6.07) is 28.7. The Bertz CT molecular complexity index is 1670. The van der Waals surface area contributed by atoms with Crippen molar-refractivity contribution >= 4 is 43.7 Å². The minimum Gasteiger partial charge on any atom is -0.494 e. The van der Waals surface area contributed by atoms with Crippen LogP contribution < -0.4 is 25.1 Å². The second-order valence-corrected chi connectivity index (χ2v) is 12.8. The number of amides is 1. The molecule has 0 aliphatic carbocycles. The van der Waals surface area contributed by atoms with Gasteiger partial charge in [0.1, 0.15) is 5.75 Å². The fourth-order valence-corrected chi connectivity index (χ4v) is 5.86. The average Bonchev–Trinajstić information content (AvgIpc) is 3.48. The molecular formula is C36H37Br2N3O6. The molecule has 0 fully saturated rings. The summed E-state index contributed by atoms with van der Waals surface area (Å²) in [5, 5.41) is 9.07. The van der Waals surface area contributed by atoms with Crippen molar-refractivity contribution in [3.63, 3.8) is 0 Å². The zero-order valence-electron chi connectivity index (χ0n) is 26.2. The highest BCUT2D eigenvalue weighted by Gasteiger charge is 2.53. The van der Waals surface area contributed by atoms with Gasteiger partial charge < -0.3 is 24.1 Å². The first kappa shape index (κ1) is 34.4. The van der Waals surface area contributed by atoms with Gasteiger partial charge in [0.05, 0.1) is 20.8 Å². The van der Waals surface area contributed by atoms with Gasteiger partial charge in [-0.15, -0.1) is 0 Å². The Labute approximate surface area is 291 Å². The lowest BCUT2D eigenvalue weighted by Gasteiger charge is -2.31. The Morgan fingerprint density at radius 3 is 2.21 bits per heavy atom. The summed E-state index contributed by atoms with van der Waals surface area (Å²) in [7, 11) is 3.21. The summed E-state index contributed by atoms with van der Waals surface area (Å²) in [5.41, 5.74) is 8.20. The predicted octanol–water partition coefficient (Wildman–Crippen LogP) is 6.35. The molecule has 2 atom stereocenters. The zero-order valence-corrected chi connectivity index (χ0v) is 29.3. The van der Waals surface area contributed by atoms with E-state index in [0.717, 1.165) is 25.6 Å². The van der Waals surface area contributed by atoms with Gasteiger partial charge in [-0.2, -0.15) is 0 Å². The number of hydrogen-bond acceptors (Lipinski definition) is 8. The van der Waals surface area contributed by atoms with Gasteiger partial charge in [-0.25, -0.2) is 10.4 Å². The number of rotatable bonds is 15. The first-order valence-corrected chi connectivity index (χ1v) is 16.8. The lowest BCUT2D eigenvalue weighted by Crippen LogP contribution is -2.54. The second-order valence-electron chi connectivity index (χ2n) is 11.0. The Balaban J connectivity index is 1.44. The molecule has 4 aromatic rings. The number of hydrogen-bond donors (Lipinski definition) is 3. The Hall–Kier alpha value is -3.90. The summed E-state index contributed by atoms with van der Waals surface area (Å²) < 4.78 is 25.0. The van der Waals surface area contributed by atoms with E-state index in [1.807, 2.05) is 91.0 Å². The lowest BCUT2D eigenvalue weighted by molar-refractivity contribution is -0.130. The van der Waals surface area contributed by atoms with Crippen LogP contribution in [0.2, 0.25) is 0 Å². The topological polar surface area (TPSA) is 111 Å². The van der Waals surface area contributed by atoms with Crippen molar-refractivity contribution in [3.8, 4) is 17.2 Å². The fraction of sp³-hybridized carbons (Fsp3) is 0.278. The van der Waals surface area contributed by atoms with Gasteiger partial charge in [0.25, 0.3) is 5.91 Å². The molecule has 0 saturated heterocycles. The van der Waals surface area contributed by atoms with Crippen LogP contribution in [0.3, 0.4) is 0 Å². The van der Waals surface area contributed by atoms with Gasteiger partial charge in [-0.3, -0.25) is 10.2 Å². The van der Waals surface area contributed by atoms with E-state index in [1.165, 1.54) is 0 Å². The van der Waals surface area contributed by atoms with Gasteiger partial charge in [0.2, 0.25) is 5.90 Å². The number of carbonyl (C=O) groups is 1. The van der Waals surface area contributed by atoms with E-state index in [4.69, 9.17) is 29.0 Å². The number of aliphatic hydroxyl groups is 1. The van der Waals surface area contributed by atoms with Gasteiger partial charge in [-0.05, 0) is 83.8 Å². The second kappa shape index (κ2) is 16.3. The van der Waals surface area contributed by atoms with Crippen molar-refractivity contribution in [1.82, 2.24) is 10.9 Å². The van der Waals surface area contributed by atoms with Crippen LogP contribution in [0.4, 0.5) is 0 Å². The van der Waals surface area contributed by atoms with E-state index >= 15 is 0 Å². The first-order valence-electron chi connectivity index (χ1n) is 15.2. The maximum Gasteiger partial charge on any atom is 0.266 e. The molecule has 0 saturated carbocycles. The number of carbonyl (C=O) groups excluding carboxylic acids is 1. The van der Waals surface area contributed by atoms with Crippen molar-refractivity contribution in [3.05, 3.63) is 122 Å². The number of halogens is 2. The van der Waals surface area contributed by atoms with E-state index in [9.17, 15) is 4.79 Å². The maximum absolute atomic E-state index is 14.4. The van der Waals surface area contributed by atoms with E-state index in [0.29, 0.717) is 54.7 Å². The van der Waals surface area contributed by atoms with Crippen LogP contribution in [0, 0.1) is 0 Å². The molecule has 1 amide bonds. The molecule has 3 N–H and O–H groups in total. The third kappa shape index (κ3) is 8.53. The smallest absolute Gasteiger partial charge is 0.266 e. The van der Waals surface area contributed by atoms with Crippen LogP contribution >= 0.6 is 31.9 Å². The minimum absolute atomic E-state index is 0.0633. The maximum atomic E-state index is 14.4. The van der Waals surface area contributed by atoms with Crippen LogP contribution in [0.1, 0.15) is 34.8 Å². The van der Waals surface area contributed by atoms with Crippen LogP contribution in [-0.4, -0.2) is 56.4 Å². The minimum atomic E-state index is -1.34. The molecule has 0 unspecified atom stereocenters. The average molecular weight is 768 g/mol. The Morgan fingerprint density at radius 2 is 1.55 bits per heavy atom. The van der Waals surface area contributed by atoms with Crippen LogP contribution in [-0.2, 0) is 22.4 Å². The SMILES string of the molecule is COc1ccc(CCNNC(=O)[C@@]2(Cc3ccc(Br)cc3)N=C(c3ccc(OCCCO)cc3)O[C@H]2c2ccc(Br)cc2)cc1OC. The van der Waals surface area contributed by atoms with Crippen molar-refractivity contribution < 1.29 is 28.8 Å². The number of hydrazine groups is 1. The van der Waals surface area contributed by atoms with Gasteiger partial charge in [0.15, 0.2) is 23.1 Å². The highest BCUT2D eigenvalue weighted by atomic mass is 79.9. The Morgan fingerprint density at radius 1 is 0.894 bits per heavy atom. The number of ether oxygens (including phenoxy) is 4. The number of aliphatic hydroxyl groups excluding tert-OH is 1. The molecule has 4 aromatic carbocycles. The molecule has 0 aromatic heterocycles. The molecule has 246 valence electrons. The zero-order chi connectivity index (χ0) is 33.2. The van der Waals surface area contributed by atoms with E-state index in [-0.39, 0.29) is 18.9 Å². The molecule has 0 radical (unpaired) electrons. The van der Waals surface area contributed by atoms with Crippen molar-refractivity contribution in [2.45, 2.75) is 30.9 Å². The van der Waals surface area contributed by atoms with Crippen molar-refractivity contribution in [1.29, 1.82) is 0 Å². The summed E-state index contributed by atoms with van der Waals surface area (Å²) in [4.78, 5) is 19.5. The molecule has 5 rings (SSSR count). The molecule has 0 bridgehead atoms. The quantitative estimate of drug-likeness (QED) is 0.0956. The molecule has 1 aliphatic heterocycles. The highest BCUT2D eigenvalue weighted by molar-refractivity contribution is 9.10. The third-order valence-electron chi connectivity index (χ3n) is 7.78. The highest BCUT2D eigenvalue weighted by Crippen LogP contribution is 2.43. The van der Waals surface area contributed by atoms with Crippen LogP contribution in [0.25, 0.3) is 0 Å². The number of methoxy groups -OCH3 is 2. The normalized spacial score (nSPS) is 17.0. The monoisotopic (exact) mass is 765 g/mol. The summed E-state index contributed by atoms with van der Waals surface area (Å²) in [6.45, 7) is 0.940. The fourth-order valence-electron chi connectivity index (χ4n) is 5.33. The standard InChI is InChI=1S/C36H37Br2N3O6/c1-44-31-17-6-24(22-32(31)45-2)18-19-39-41-35(43)36(23-25-4-11-28(37)12-5-25)33(26-7-13-29(38)14-8-26)47-34(40-36)27-9-15-30(16-10-27)46-21-3-20-42/h4-17,22,33,39,42H,3,18-21,23H2,1-2H3,(H,41,43)/t33-,36-/m0/s1. The number of aliphatic imine (C=N–C) groups is 1. The molecule has 11 heteroatoms. The van der Waals surface area contributed by atoms with Crippen LogP contribution in [0.15, 0.2) is 105 Å². The van der Waals surface area contributed by atoms with E-state index in [1.54, 1.807) is 14.2 Å². The predicted molar refractivity (Wildman–Crippen MR) is 188 cm³/mol. The van der Waals surface area contributed by atoms with Gasteiger partial charge in [-0.1, -0.05) is 62.2 Å². The van der Waals surface area contributed by atoms with Crippen LogP contribution in [0.5, 0.6) is 17.2 Å². The van der Waals surface area contributed by atoms with Crippen molar-refractivity contribution in [2.75, 3.05) is 34.0 Å². The van der Waals surface area contributed by atoms with E-state index < -0.39 is 11.6 Å². The molecule has 0 spiro atoms. The molecule has 1 heterocycles.